The van der Waals surface area contributed by atoms with Crippen molar-refractivity contribution in [1.29, 1.82) is 0 Å². The first-order chi connectivity index (χ1) is 9.97. The molecule has 0 aliphatic carbocycles. The smallest absolute Gasteiger partial charge is 0.273 e. The molecule has 2 heterocycles. The second-order valence-corrected chi connectivity index (χ2v) is 7.52. The average Bonchev–Trinajstić information content (AvgIpc) is 3.07. The van der Waals surface area contributed by atoms with Gasteiger partial charge in [-0.15, -0.1) is 0 Å². The van der Waals surface area contributed by atoms with Gasteiger partial charge in [-0.05, 0) is 36.9 Å². The van der Waals surface area contributed by atoms with Gasteiger partial charge in [0.1, 0.15) is 5.76 Å². The van der Waals surface area contributed by atoms with E-state index in [1.165, 1.54) is 6.07 Å². The van der Waals surface area contributed by atoms with Crippen molar-refractivity contribution in [1.82, 2.24) is 10.0 Å². The van der Waals surface area contributed by atoms with Gasteiger partial charge in [-0.25, -0.2) is 13.1 Å². The molecule has 2 N–H and O–H groups in total. The Labute approximate surface area is 126 Å². The Bertz CT molecular complexity index is 533. The molecule has 0 bridgehead atoms. The summed E-state index contributed by atoms with van der Waals surface area (Å²) < 4.78 is 37.4. The SMILES string of the molecule is CC(C)CNCc1ccc(S(=O)(=O)NCC2CCOC2)o1. The van der Waals surface area contributed by atoms with Crippen LogP contribution < -0.4 is 10.0 Å². The van der Waals surface area contributed by atoms with Crippen molar-refractivity contribution in [2.24, 2.45) is 11.8 Å². The van der Waals surface area contributed by atoms with Crippen LogP contribution in [0.15, 0.2) is 21.6 Å². The van der Waals surface area contributed by atoms with Crippen molar-refractivity contribution in [3.63, 3.8) is 0 Å². The molecule has 1 aliphatic rings. The molecular weight excluding hydrogens is 292 g/mol. The molecule has 1 aromatic heterocycles. The molecule has 7 heteroatoms. The van der Waals surface area contributed by atoms with E-state index in [0.29, 0.717) is 38.0 Å². The first kappa shape index (κ1) is 16.5. The third-order valence-electron chi connectivity index (χ3n) is 3.34. The summed E-state index contributed by atoms with van der Waals surface area (Å²) in [4.78, 5) is 0. The average molecular weight is 316 g/mol. The first-order valence-electron chi connectivity index (χ1n) is 7.34. The van der Waals surface area contributed by atoms with Gasteiger partial charge < -0.3 is 14.5 Å². The summed E-state index contributed by atoms with van der Waals surface area (Å²) in [5.41, 5.74) is 0. The molecule has 1 atom stereocenters. The van der Waals surface area contributed by atoms with Gasteiger partial charge >= 0.3 is 0 Å². The van der Waals surface area contributed by atoms with Gasteiger partial charge in [0, 0.05) is 13.2 Å². The molecule has 1 aliphatic heterocycles. The molecular formula is C14H24N2O4S. The van der Waals surface area contributed by atoms with Crippen LogP contribution in [0.2, 0.25) is 0 Å². The van der Waals surface area contributed by atoms with Gasteiger partial charge in [-0.1, -0.05) is 13.8 Å². The fourth-order valence-electron chi connectivity index (χ4n) is 2.12. The predicted molar refractivity (Wildman–Crippen MR) is 79.4 cm³/mol. The molecule has 0 aromatic carbocycles. The number of ether oxygens (including phenoxy) is 1. The number of sulfonamides is 1. The maximum atomic E-state index is 12.1. The molecule has 1 unspecified atom stereocenters. The van der Waals surface area contributed by atoms with E-state index in [9.17, 15) is 8.42 Å². The normalized spacial score (nSPS) is 19.5. The maximum Gasteiger partial charge on any atom is 0.273 e. The zero-order chi connectivity index (χ0) is 15.3. The molecule has 2 rings (SSSR count). The van der Waals surface area contributed by atoms with Crippen LogP contribution in [0.4, 0.5) is 0 Å². The zero-order valence-corrected chi connectivity index (χ0v) is 13.4. The van der Waals surface area contributed by atoms with Crippen molar-refractivity contribution in [3.05, 3.63) is 17.9 Å². The van der Waals surface area contributed by atoms with Crippen LogP contribution in [0.5, 0.6) is 0 Å². The summed E-state index contributed by atoms with van der Waals surface area (Å²) in [6, 6.07) is 3.19. The lowest BCUT2D eigenvalue weighted by molar-refractivity contribution is 0.186. The summed E-state index contributed by atoms with van der Waals surface area (Å²) in [6.45, 7) is 7.34. The van der Waals surface area contributed by atoms with E-state index in [1.54, 1.807) is 6.07 Å². The highest BCUT2D eigenvalue weighted by Gasteiger charge is 2.22. The molecule has 1 aromatic rings. The molecule has 0 saturated carbocycles. The lowest BCUT2D eigenvalue weighted by Crippen LogP contribution is -2.29. The third-order valence-corrected chi connectivity index (χ3v) is 4.64. The summed E-state index contributed by atoms with van der Waals surface area (Å²) in [7, 11) is -3.57. The topological polar surface area (TPSA) is 80.6 Å². The van der Waals surface area contributed by atoms with Gasteiger partial charge in [0.05, 0.1) is 13.2 Å². The zero-order valence-electron chi connectivity index (χ0n) is 12.6. The Hall–Kier alpha value is -0.890. The standard InChI is InChI=1S/C14H24N2O4S/c1-11(2)7-15-9-13-3-4-14(20-13)21(17,18)16-8-12-5-6-19-10-12/h3-4,11-12,15-16H,5-10H2,1-2H3. The summed E-state index contributed by atoms with van der Waals surface area (Å²) >= 11 is 0. The number of hydrogen-bond acceptors (Lipinski definition) is 5. The van der Waals surface area contributed by atoms with Crippen molar-refractivity contribution >= 4 is 10.0 Å². The third kappa shape index (κ3) is 5.10. The Morgan fingerprint density at radius 3 is 2.86 bits per heavy atom. The van der Waals surface area contributed by atoms with Crippen molar-refractivity contribution in [3.8, 4) is 0 Å². The lowest BCUT2D eigenvalue weighted by Gasteiger charge is -2.08. The van der Waals surface area contributed by atoms with Crippen LogP contribution in [-0.2, 0) is 21.3 Å². The Morgan fingerprint density at radius 1 is 1.38 bits per heavy atom. The molecule has 6 nitrogen and oxygen atoms in total. The Balaban J connectivity index is 1.86. The summed E-state index contributed by atoms with van der Waals surface area (Å²) in [6.07, 6.45) is 0.894. The highest BCUT2D eigenvalue weighted by molar-refractivity contribution is 7.89. The van der Waals surface area contributed by atoms with Gasteiger partial charge in [0.15, 0.2) is 0 Å². The molecule has 120 valence electrons. The number of nitrogens with one attached hydrogen (secondary N) is 2. The van der Waals surface area contributed by atoms with Gasteiger partial charge in [0.2, 0.25) is 5.09 Å². The van der Waals surface area contributed by atoms with Crippen LogP contribution in [-0.4, -0.2) is 34.7 Å². The van der Waals surface area contributed by atoms with Crippen molar-refractivity contribution < 1.29 is 17.6 Å². The molecule has 1 fully saturated rings. The predicted octanol–water partition coefficient (Wildman–Crippen LogP) is 1.34. The van der Waals surface area contributed by atoms with Crippen molar-refractivity contribution in [2.75, 3.05) is 26.3 Å². The minimum absolute atomic E-state index is 0.0252. The summed E-state index contributed by atoms with van der Waals surface area (Å²) in [5, 5.41) is 3.19. The molecule has 0 amide bonds. The number of rotatable bonds is 8. The highest BCUT2D eigenvalue weighted by Crippen LogP contribution is 2.16. The highest BCUT2D eigenvalue weighted by atomic mass is 32.2. The van der Waals surface area contributed by atoms with Gasteiger partial charge in [-0.2, -0.15) is 0 Å². The number of furan rings is 1. The summed E-state index contributed by atoms with van der Waals surface area (Å²) in [5.74, 6) is 1.42. The monoisotopic (exact) mass is 316 g/mol. The fraction of sp³-hybridized carbons (Fsp3) is 0.714. The minimum atomic E-state index is -3.57. The fourth-order valence-corrected chi connectivity index (χ4v) is 3.19. The van der Waals surface area contributed by atoms with Crippen LogP contribution in [0, 0.1) is 11.8 Å². The van der Waals surface area contributed by atoms with E-state index in [4.69, 9.17) is 9.15 Å². The Morgan fingerprint density at radius 2 is 2.19 bits per heavy atom. The van der Waals surface area contributed by atoms with E-state index in [0.717, 1.165) is 13.0 Å². The van der Waals surface area contributed by atoms with E-state index in [-0.39, 0.29) is 11.0 Å². The Kier molecular flexibility index (Phi) is 5.80. The first-order valence-corrected chi connectivity index (χ1v) is 8.82. The molecule has 21 heavy (non-hydrogen) atoms. The number of hydrogen-bond donors (Lipinski definition) is 2. The quantitative estimate of drug-likeness (QED) is 0.756. The largest absolute Gasteiger partial charge is 0.447 e. The maximum absolute atomic E-state index is 12.1. The molecule has 1 saturated heterocycles. The van der Waals surface area contributed by atoms with E-state index in [2.05, 4.69) is 23.9 Å². The van der Waals surface area contributed by atoms with E-state index < -0.39 is 10.0 Å². The van der Waals surface area contributed by atoms with E-state index >= 15 is 0 Å². The molecule has 0 spiro atoms. The van der Waals surface area contributed by atoms with Gasteiger partial charge in [-0.3, -0.25) is 0 Å². The van der Waals surface area contributed by atoms with Crippen LogP contribution in [0.25, 0.3) is 0 Å². The van der Waals surface area contributed by atoms with Crippen LogP contribution in [0.3, 0.4) is 0 Å². The van der Waals surface area contributed by atoms with Crippen LogP contribution in [0.1, 0.15) is 26.0 Å². The second-order valence-electron chi connectivity index (χ2n) is 5.83. The van der Waals surface area contributed by atoms with Crippen LogP contribution >= 0.6 is 0 Å². The second kappa shape index (κ2) is 7.40. The van der Waals surface area contributed by atoms with Crippen molar-refractivity contribution in [2.45, 2.75) is 31.9 Å². The molecule has 0 radical (unpaired) electrons. The van der Waals surface area contributed by atoms with Gasteiger partial charge in [0.25, 0.3) is 10.0 Å². The lowest BCUT2D eigenvalue weighted by atomic mass is 10.1. The van der Waals surface area contributed by atoms with E-state index in [1.807, 2.05) is 0 Å². The minimum Gasteiger partial charge on any atom is -0.447 e.